The van der Waals surface area contributed by atoms with Crippen LogP contribution in [-0.2, 0) is 48.1 Å². The molecule has 0 fully saturated rings. The van der Waals surface area contributed by atoms with Crippen LogP contribution in [0, 0.1) is 0 Å². The molecule has 440 valence electrons. The smallest absolute Gasteiger partial charge is 0.546 e. The number of aliphatic carboxylic acids is 2. The van der Waals surface area contributed by atoms with Gasteiger partial charge >= 0.3 is 31.4 Å². The minimum absolute atomic E-state index is 0. The van der Waals surface area contributed by atoms with Gasteiger partial charge in [0.15, 0.2) is 0 Å². The van der Waals surface area contributed by atoms with Crippen molar-refractivity contribution < 1.29 is 58.3 Å². The number of carbonyl (C=O) groups is 4. The molecule has 0 aliphatic heterocycles. The maximum Gasteiger partial charge on any atom is 2.00 e. The van der Waals surface area contributed by atoms with E-state index in [1.807, 2.05) is 0 Å². The number of carboxylic acid groups (broad SMARTS) is 2. The summed E-state index contributed by atoms with van der Waals surface area (Å²) >= 11 is 0. The van der Waals surface area contributed by atoms with Crippen LogP contribution in [0.15, 0.2) is 0 Å². The van der Waals surface area contributed by atoms with E-state index in [-0.39, 0.29) is 31.4 Å². The topological polar surface area (TPSA) is 133 Å². The van der Waals surface area contributed by atoms with Crippen LogP contribution < -0.4 is 10.2 Å². The molecule has 0 rings (SSSR count). The van der Waals surface area contributed by atoms with Gasteiger partial charge in [-0.15, -0.1) is 0 Å². The molecular weight excluding hydrogens is 986 g/mol. The molecule has 0 aliphatic rings. The molecule has 0 aromatic heterocycles. The standard InChI is InChI=1S/2C33H64O4.Zn/c2*1-3-5-7-9-11-13-15-17-18-19-21-23-25-27-29-31(33(35)36)37-32(34)30-28-26-24-22-20-16-14-12-10-8-6-4-2;/h2*31H,3-30H2,1-2H3,(H,35,36);/q;;+2/p-2. The number of carbonyl (C=O) groups excluding carboxylic acids is 4. The summed E-state index contributed by atoms with van der Waals surface area (Å²) in [6.45, 7) is 9.03. The molecule has 0 aromatic carbocycles. The maximum atomic E-state index is 12.1. The Morgan fingerprint density at radius 3 is 0.560 bits per heavy atom. The molecule has 0 N–H and O–H groups in total. The zero-order chi connectivity index (χ0) is 54.5. The summed E-state index contributed by atoms with van der Waals surface area (Å²) in [5.74, 6) is -3.27. The van der Waals surface area contributed by atoms with Crippen molar-refractivity contribution in [2.24, 2.45) is 0 Å². The van der Waals surface area contributed by atoms with Crippen LogP contribution >= 0.6 is 0 Å². The Labute approximate surface area is 479 Å². The summed E-state index contributed by atoms with van der Waals surface area (Å²) in [5, 5.41) is 22.8. The van der Waals surface area contributed by atoms with Crippen LogP contribution in [0.4, 0.5) is 0 Å². The second kappa shape index (κ2) is 66.8. The van der Waals surface area contributed by atoms with E-state index in [9.17, 15) is 29.4 Å². The molecule has 0 bridgehead atoms. The van der Waals surface area contributed by atoms with Crippen molar-refractivity contribution in [1.82, 2.24) is 0 Å². The average Bonchev–Trinajstić information content (AvgIpc) is 3.38. The van der Waals surface area contributed by atoms with E-state index in [2.05, 4.69) is 27.7 Å². The Balaban J connectivity index is -0.00000136. The molecule has 0 aromatic rings. The van der Waals surface area contributed by atoms with E-state index < -0.39 is 24.1 Å². The van der Waals surface area contributed by atoms with Gasteiger partial charge in [-0.05, 0) is 38.5 Å². The Morgan fingerprint density at radius 1 is 0.253 bits per heavy atom. The van der Waals surface area contributed by atoms with Crippen molar-refractivity contribution in [1.29, 1.82) is 0 Å². The molecule has 2 unspecified atom stereocenters. The molecule has 0 aliphatic carbocycles. The number of carboxylic acids is 2. The summed E-state index contributed by atoms with van der Waals surface area (Å²) < 4.78 is 10.4. The number of rotatable bonds is 60. The number of ether oxygens (including phenoxy) is 2. The van der Waals surface area contributed by atoms with Crippen LogP contribution in [0.25, 0.3) is 0 Å². The van der Waals surface area contributed by atoms with Gasteiger partial charge < -0.3 is 29.3 Å². The van der Waals surface area contributed by atoms with Crippen molar-refractivity contribution in [2.45, 2.75) is 399 Å². The zero-order valence-corrected chi connectivity index (χ0v) is 53.7. The largest absolute Gasteiger partial charge is 2.00 e. The second-order valence-corrected chi connectivity index (χ2v) is 22.6. The Kier molecular flexibility index (Phi) is 69.2. The molecule has 0 heterocycles. The van der Waals surface area contributed by atoms with Gasteiger partial charge in [0.25, 0.3) is 0 Å². The van der Waals surface area contributed by atoms with Crippen molar-refractivity contribution in [3.05, 3.63) is 0 Å². The molecule has 0 saturated heterocycles. The molecule has 9 heteroatoms. The Hall–Kier alpha value is -1.50. The summed E-state index contributed by atoms with van der Waals surface area (Å²) in [6.07, 6.45) is 64.4. The fourth-order valence-electron chi connectivity index (χ4n) is 10.2. The van der Waals surface area contributed by atoms with Crippen LogP contribution in [0.5, 0.6) is 0 Å². The van der Waals surface area contributed by atoms with Crippen molar-refractivity contribution >= 4 is 23.9 Å². The number of esters is 2. The van der Waals surface area contributed by atoms with Gasteiger partial charge in [0.05, 0.1) is 11.9 Å². The molecule has 0 spiro atoms. The van der Waals surface area contributed by atoms with E-state index in [1.165, 1.54) is 257 Å². The SMILES string of the molecule is CCCCCCCCCCCCCCCCC(OC(=O)CCCCCCCCCCCCCC)C(=O)[O-].CCCCCCCCCCCCCCCCC(OC(=O)CCCCCCCCCCCCCC)C(=O)[O-].[Zn+2]. The molecule has 75 heavy (non-hydrogen) atoms. The van der Waals surface area contributed by atoms with Crippen LogP contribution in [0.2, 0.25) is 0 Å². The van der Waals surface area contributed by atoms with Crippen LogP contribution in [0.3, 0.4) is 0 Å². The van der Waals surface area contributed by atoms with Crippen molar-refractivity contribution in [2.75, 3.05) is 0 Å². The van der Waals surface area contributed by atoms with E-state index in [0.29, 0.717) is 25.7 Å². The second-order valence-electron chi connectivity index (χ2n) is 22.6. The first-order valence-corrected chi connectivity index (χ1v) is 33.0. The minimum atomic E-state index is -1.25. The maximum absolute atomic E-state index is 12.1. The third kappa shape index (κ3) is 64.9. The summed E-state index contributed by atoms with van der Waals surface area (Å²) in [6, 6.07) is 0. The van der Waals surface area contributed by atoms with Gasteiger partial charge in [0, 0.05) is 12.8 Å². The van der Waals surface area contributed by atoms with E-state index in [0.717, 1.165) is 77.0 Å². The first kappa shape index (κ1) is 77.7. The number of hydrogen-bond donors (Lipinski definition) is 0. The third-order valence-corrected chi connectivity index (χ3v) is 15.2. The van der Waals surface area contributed by atoms with Gasteiger partial charge in [-0.25, -0.2) is 0 Å². The van der Waals surface area contributed by atoms with Gasteiger partial charge in [-0.3, -0.25) is 9.59 Å². The molecule has 0 amide bonds. The fraction of sp³-hybridized carbons (Fsp3) is 0.939. The molecule has 8 nitrogen and oxygen atoms in total. The summed E-state index contributed by atoms with van der Waals surface area (Å²) in [5.41, 5.74) is 0. The predicted molar refractivity (Wildman–Crippen MR) is 311 cm³/mol. The van der Waals surface area contributed by atoms with Gasteiger partial charge in [0.1, 0.15) is 12.2 Å². The summed E-state index contributed by atoms with van der Waals surface area (Å²) in [7, 11) is 0. The molecular formula is C66H126O8Zn. The number of unbranched alkanes of at least 4 members (excludes halogenated alkanes) is 48. The van der Waals surface area contributed by atoms with Crippen molar-refractivity contribution in [3.63, 3.8) is 0 Å². The predicted octanol–water partition coefficient (Wildman–Crippen LogP) is 19.2. The van der Waals surface area contributed by atoms with E-state index in [1.54, 1.807) is 0 Å². The van der Waals surface area contributed by atoms with Crippen LogP contribution in [0.1, 0.15) is 387 Å². The fourth-order valence-corrected chi connectivity index (χ4v) is 10.2. The quantitative estimate of drug-likeness (QED) is 0.0334. The minimum Gasteiger partial charge on any atom is -0.546 e. The van der Waals surface area contributed by atoms with Gasteiger partial charge in [-0.2, -0.15) is 0 Å². The van der Waals surface area contributed by atoms with E-state index >= 15 is 0 Å². The third-order valence-electron chi connectivity index (χ3n) is 15.2. The summed E-state index contributed by atoms with van der Waals surface area (Å²) in [4.78, 5) is 46.9. The molecule has 2 atom stereocenters. The van der Waals surface area contributed by atoms with Gasteiger partial charge in [0.2, 0.25) is 0 Å². The van der Waals surface area contributed by atoms with E-state index in [4.69, 9.17) is 9.47 Å². The average molecular weight is 1110 g/mol. The Bertz CT molecular complexity index is 1080. The zero-order valence-electron chi connectivity index (χ0n) is 50.7. The first-order chi connectivity index (χ1) is 36.2. The molecule has 0 radical (unpaired) electrons. The van der Waals surface area contributed by atoms with Crippen LogP contribution in [-0.4, -0.2) is 36.1 Å². The molecule has 0 saturated carbocycles. The normalized spacial score (nSPS) is 11.9. The first-order valence-electron chi connectivity index (χ1n) is 33.0. The Morgan fingerprint density at radius 2 is 0.400 bits per heavy atom. The van der Waals surface area contributed by atoms with Gasteiger partial charge in [-0.1, -0.05) is 336 Å². The number of hydrogen-bond acceptors (Lipinski definition) is 8. The van der Waals surface area contributed by atoms with Crippen molar-refractivity contribution in [3.8, 4) is 0 Å². The monoisotopic (exact) mass is 1110 g/mol.